The van der Waals surface area contributed by atoms with Gasteiger partial charge in [-0.25, -0.2) is 8.42 Å². The third-order valence-electron chi connectivity index (χ3n) is 3.48. The smallest absolute Gasteiger partial charge is 0.253 e. The van der Waals surface area contributed by atoms with Gasteiger partial charge in [-0.15, -0.1) is 0 Å². The van der Waals surface area contributed by atoms with Gasteiger partial charge in [0.05, 0.1) is 5.75 Å². The summed E-state index contributed by atoms with van der Waals surface area (Å²) in [6.45, 7) is 4.91. The van der Waals surface area contributed by atoms with E-state index in [-0.39, 0.29) is 11.7 Å². The molecule has 6 nitrogen and oxygen atoms in total. The van der Waals surface area contributed by atoms with Crippen molar-refractivity contribution < 1.29 is 13.2 Å². The lowest BCUT2D eigenvalue weighted by molar-refractivity contribution is 0.0766. The highest BCUT2D eigenvalue weighted by Gasteiger charge is 2.18. The van der Waals surface area contributed by atoms with Crippen LogP contribution in [0.4, 0.5) is 5.69 Å². The van der Waals surface area contributed by atoms with E-state index in [2.05, 4.69) is 10.0 Å². The molecule has 0 aliphatic carbocycles. The maximum Gasteiger partial charge on any atom is 0.253 e. The van der Waals surface area contributed by atoms with Gasteiger partial charge in [0.15, 0.2) is 0 Å². The quantitative estimate of drug-likeness (QED) is 0.855. The third kappa shape index (κ3) is 4.71. The molecule has 1 amide bonds. The fourth-order valence-electron chi connectivity index (χ4n) is 2.45. The Kier molecular flexibility index (Phi) is 5.79. The van der Waals surface area contributed by atoms with Crippen LogP contribution in [0.1, 0.15) is 30.1 Å². The van der Waals surface area contributed by atoms with Crippen LogP contribution >= 0.6 is 0 Å². The summed E-state index contributed by atoms with van der Waals surface area (Å²) in [4.78, 5) is 14.3. The summed E-state index contributed by atoms with van der Waals surface area (Å²) in [5.74, 6) is 0.0171. The van der Waals surface area contributed by atoms with Gasteiger partial charge in [-0.05, 0) is 37.6 Å². The van der Waals surface area contributed by atoms with Crippen LogP contribution in [0.5, 0.6) is 0 Å². The van der Waals surface area contributed by atoms with Crippen LogP contribution in [0.15, 0.2) is 24.3 Å². The van der Waals surface area contributed by atoms with Crippen molar-refractivity contribution in [3.63, 3.8) is 0 Å². The van der Waals surface area contributed by atoms with Gasteiger partial charge in [-0.2, -0.15) is 0 Å². The predicted molar refractivity (Wildman–Crippen MR) is 87.5 cm³/mol. The van der Waals surface area contributed by atoms with Gasteiger partial charge in [0.25, 0.3) is 5.91 Å². The number of anilines is 1. The summed E-state index contributed by atoms with van der Waals surface area (Å²) >= 11 is 0. The predicted octanol–water partition coefficient (Wildman–Crippen LogP) is 1.27. The zero-order valence-electron chi connectivity index (χ0n) is 12.8. The number of rotatable bonds is 5. The standard InChI is InChI=1S/C15H23N3O3S/c1-2-11-22(20,21)17-14-6-3-5-13(12-14)15(19)18-9-4-7-16-8-10-18/h3,5-6,12,16-17H,2,4,7-11H2,1H3. The van der Waals surface area contributed by atoms with E-state index in [0.717, 1.165) is 26.1 Å². The van der Waals surface area contributed by atoms with Gasteiger partial charge in [0, 0.05) is 30.9 Å². The van der Waals surface area contributed by atoms with Gasteiger partial charge in [0.1, 0.15) is 0 Å². The molecule has 0 radical (unpaired) electrons. The third-order valence-corrected chi connectivity index (χ3v) is 4.98. The fraction of sp³-hybridized carbons (Fsp3) is 0.533. The summed E-state index contributed by atoms with van der Waals surface area (Å²) in [6.07, 6.45) is 1.48. The average Bonchev–Trinajstić information content (AvgIpc) is 2.75. The van der Waals surface area contributed by atoms with E-state index in [1.807, 2.05) is 6.92 Å². The normalized spacial score (nSPS) is 16.1. The zero-order chi connectivity index (χ0) is 16.0. The van der Waals surface area contributed by atoms with E-state index in [0.29, 0.717) is 24.2 Å². The highest BCUT2D eigenvalue weighted by atomic mass is 32.2. The van der Waals surface area contributed by atoms with Gasteiger partial charge < -0.3 is 10.2 Å². The van der Waals surface area contributed by atoms with E-state index in [9.17, 15) is 13.2 Å². The van der Waals surface area contributed by atoms with E-state index < -0.39 is 10.0 Å². The van der Waals surface area contributed by atoms with E-state index in [4.69, 9.17) is 0 Å². The second kappa shape index (κ2) is 7.60. The van der Waals surface area contributed by atoms with Gasteiger partial charge >= 0.3 is 0 Å². The molecule has 1 saturated heterocycles. The molecule has 1 fully saturated rings. The Morgan fingerprint density at radius 2 is 2.14 bits per heavy atom. The Labute approximate surface area is 131 Å². The van der Waals surface area contributed by atoms with Crippen LogP contribution in [0.2, 0.25) is 0 Å². The second-order valence-corrected chi connectivity index (χ2v) is 7.24. The van der Waals surface area contributed by atoms with Crippen LogP contribution in [0.3, 0.4) is 0 Å². The van der Waals surface area contributed by atoms with Crippen LogP contribution in [0.25, 0.3) is 0 Å². The minimum atomic E-state index is -3.34. The Morgan fingerprint density at radius 3 is 2.91 bits per heavy atom. The van der Waals surface area contributed by atoms with Crippen molar-refractivity contribution in [3.8, 4) is 0 Å². The number of benzene rings is 1. The Bertz CT molecular complexity index is 608. The average molecular weight is 325 g/mol. The van der Waals surface area contributed by atoms with Crippen LogP contribution in [0, 0.1) is 0 Å². The highest BCUT2D eigenvalue weighted by molar-refractivity contribution is 7.92. The molecule has 2 N–H and O–H groups in total. The summed E-state index contributed by atoms with van der Waals surface area (Å²) in [5, 5.41) is 3.25. The SMILES string of the molecule is CCCS(=O)(=O)Nc1cccc(C(=O)N2CCCNCC2)c1. The lowest BCUT2D eigenvalue weighted by Crippen LogP contribution is -2.34. The number of amides is 1. The number of carbonyl (C=O) groups excluding carboxylic acids is 1. The van der Waals surface area contributed by atoms with Crippen molar-refractivity contribution in [1.29, 1.82) is 0 Å². The number of hydrogen-bond donors (Lipinski definition) is 2. The molecule has 7 heteroatoms. The molecule has 1 heterocycles. The van der Waals surface area contributed by atoms with Crippen molar-refractivity contribution in [2.45, 2.75) is 19.8 Å². The van der Waals surface area contributed by atoms with Crippen molar-refractivity contribution >= 4 is 21.6 Å². The van der Waals surface area contributed by atoms with E-state index in [1.165, 1.54) is 0 Å². The van der Waals surface area contributed by atoms with E-state index >= 15 is 0 Å². The monoisotopic (exact) mass is 325 g/mol. The van der Waals surface area contributed by atoms with Crippen LogP contribution in [-0.2, 0) is 10.0 Å². The molecule has 0 saturated carbocycles. The first kappa shape index (κ1) is 16.8. The van der Waals surface area contributed by atoms with Crippen molar-refractivity contribution in [2.75, 3.05) is 36.7 Å². The number of nitrogens with one attached hydrogen (secondary N) is 2. The minimum absolute atomic E-state index is 0.0553. The zero-order valence-corrected chi connectivity index (χ0v) is 13.7. The van der Waals surface area contributed by atoms with Crippen molar-refractivity contribution in [2.24, 2.45) is 0 Å². The minimum Gasteiger partial charge on any atom is -0.337 e. The summed E-state index contributed by atoms with van der Waals surface area (Å²) in [5.41, 5.74) is 0.950. The first-order valence-electron chi connectivity index (χ1n) is 7.62. The molecule has 122 valence electrons. The second-order valence-electron chi connectivity index (χ2n) is 5.40. The molecule has 0 bridgehead atoms. The maximum absolute atomic E-state index is 12.5. The molecule has 0 spiro atoms. The molecule has 1 aliphatic heterocycles. The van der Waals surface area contributed by atoms with Crippen LogP contribution < -0.4 is 10.0 Å². The highest BCUT2D eigenvalue weighted by Crippen LogP contribution is 2.15. The Balaban J connectivity index is 2.12. The number of carbonyl (C=O) groups is 1. The molecule has 22 heavy (non-hydrogen) atoms. The fourth-order valence-corrected chi connectivity index (χ4v) is 3.57. The molecular formula is C15H23N3O3S. The topological polar surface area (TPSA) is 78.5 Å². The molecule has 1 aromatic rings. The summed E-state index contributed by atoms with van der Waals surface area (Å²) < 4.78 is 26.1. The van der Waals surface area contributed by atoms with Gasteiger partial charge in [-0.3, -0.25) is 9.52 Å². The molecule has 0 atom stereocenters. The number of sulfonamides is 1. The first-order chi connectivity index (χ1) is 10.5. The Morgan fingerprint density at radius 1 is 1.32 bits per heavy atom. The van der Waals surface area contributed by atoms with Gasteiger partial charge in [0.2, 0.25) is 10.0 Å². The molecular weight excluding hydrogens is 302 g/mol. The number of hydrogen-bond acceptors (Lipinski definition) is 4. The number of nitrogens with zero attached hydrogens (tertiary/aromatic N) is 1. The molecule has 1 aliphatic rings. The van der Waals surface area contributed by atoms with Crippen LogP contribution in [-0.4, -0.2) is 51.2 Å². The summed E-state index contributed by atoms with van der Waals surface area (Å²) in [7, 11) is -3.34. The molecule has 0 aromatic heterocycles. The Hall–Kier alpha value is -1.60. The summed E-state index contributed by atoms with van der Waals surface area (Å²) in [6, 6.07) is 6.69. The van der Waals surface area contributed by atoms with Gasteiger partial charge in [-0.1, -0.05) is 13.0 Å². The van der Waals surface area contributed by atoms with E-state index in [1.54, 1.807) is 29.2 Å². The molecule has 0 unspecified atom stereocenters. The maximum atomic E-state index is 12.5. The largest absolute Gasteiger partial charge is 0.337 e. The van der Waals surface area contributed by atoms with Crippen molar-refractivity contribution in [1.82, 2.24) is 10.2 Å². The lowest BCUT2D eigenvalue weighted by Gasteiger charge is -2.20. The first-order valence-corrected chi connectivity index (χ1v) is 9.27. The molecule has 2 rings (SSSR count). The lowest BCUT2D eigenvalue weighted by atomic mass is 10.1. The van der Waals surface area contributed by atoms with Crippen molar-refractivity contribution in [3.05, 3.63) is 29.8 Å². The molecule has 1 aromatic carbocycles.